The molecule has 3 rings (SSSR count). The maximum atomic E-state index is 5.70. The lowest BCUT2D eigenvalue weighted by atomic mass is 10.2. The Labute approximate surface area is 214 Å². The third-order valence-corrected chi connectivity index (χ3v) is 5.50. The van der Waals surface area contributed by atoms with Crippen molar-refractivity contribution in [1.82, 2.24) is 10.6 Å². The SMILES string of the molecule is CCNC(=NCc1cc(OC)c(OCC)c(OC)c1)NC1CCN(c2ccc(C)cc2)C1.I. The zero-order valence-electron chi connectivity index (χ0n) is 20.3. The van der Waals surface area contributed by atoms with Gasteiger partial charge in [-0.05, 0) is 57.0 Å². The van der Waals surface area contributed by atoms with Crippen LogP contribution in [-0.2, 0) is 6.54 Å². The zero-order valence-corrected chi connectivity index (χ0v) is 22.6. The van der Waals surface area contributed by atoms with Crippen LogP contribution in [0.3, 0.4) is 0 Å². The van der Waals surface area contributed by atoms with Gasteiger partial charge in [0.1, 0.15) is 0 Å². The van der Waals surface area contributed by atoms with Crippen molar-refractivity contribution < 1.29 is 14.2 Å². The van der Waals surface area contributed by atoms with Gasteiger partial charge < -0.3 is 29.7 Å². The normalized spacial score (nSPS) is 15.6. The molecule has 0 radical (unpaired) electrons. The van der Waals surface area contributed by atoms with Crippen LogP contribution in [0.4, 0.5) is 5.69 Å². The molecule has 1 fully saturated rings. The number of ether oxygens (including phenoxy) is 3. The molecule has 7 nitrogen and oxygen atoms in total. The molecule has 0 saturated carbocycles. The van der Waals surface area contributed by atoms with Crippen molar-refractivity contribution in [2.75, 3.05) is 45.4 Å². The van der Waals surface area contributed by atoms with E-state index >= 15 is 0 Å². The fourth-order valence-electron chi connectivity index (χ4n) is 3.86. The number of aliphatic imine (C=N–C) groups is 1. The van der Waals surface area contributed by atoms with E-state index in [2.05, 4.69) is 53.6 Å². The predicted molar refractivity (Wildman–Crippen MR) is 146 cm³/mol. The Morgan fingerprint density at radius 1 is 1.09 bits per heavy atom. The van der Waals surface area contributed by atoms with E-state index in [4.69, 9.17) is 19.2 Å². The molecule has 0 spiro atoms. The minimum atomic E-state index is 0. The first-order valence-electron chi connectivity index (χ1n) is 11.3. The quantitative estimate of drug-likeness (QED) is 0.266. The molecule has 2 aromatic rings. The molecule has 2 N–H and O–H groups in total. The summed E-state index contributed by atoms with van der Waals surface area (Å²) in [6.45, 7) is 9.97. The highest BCUT2D eigenvalue weighted by Crippen LogP contribution is 2.38. The second kappa shape index (κ2) is 13.4. The number of nitrogens with zero attached hydrogens (tertiary/aromatic N) is 2. The number of nitrogens with one attached hydrogen (secondary N) is 2. The van der Waals surface area contributed by atoms with Crippen molar-refractivity contribution in [1.29, 1.82) is 0 Å². The van der Waals surface area contributed by atoms with Gasteiger partial charge in [-0.2, -0.15) is 0 Å². The van der Waals surface area contributed by atoms with Gasteiger partial charge in [-0.3, -0.25) is 0 Å². The molecule has 0 amide bonds. The summed E-state index contributed by atoms with van der Waals surface area (Å²) in [6.07, 6.45) is 1.07. The molecule has 33 heavy (non-hydrogen) atoms. The Morgan fingerprint density at radius 3 is 2.33 bits per heavy atom. The van der Waals surface area contributed by atoms with Crippen molar-refractivity contribution in [2.45, 2.75) is 39.8 Å². The highest BCUT2D eigenvalue weighted by atomic mass is 127. The van der Waals surface area contributed by atoms with E-state index in [0.717, 1.165) is 37.6 Å². The monoisotopic (exact) mass is 568 g/mol. The van der Waals surface area contributed by atoms with Crippen molar-refractivity contribution in [2.24, 2.45) is 4.99 Å². The van der Waals surface area contributed by atoms with Gasteiger partial charge in [0.15, 0.2) is 17.5 Å². The van der Waals surface area contributed by atoms with Gasteiger partial charge in [-0.25, -0.2) is 4.99 Å². The summed E-state index contributed by atoms with van der Waals surface area (Å²) in [4.78, 5) is 7.23. The Hall–Kier alpha value is -2.36. The number of hydrogen-bond acceptors (Lipinski definition) is 5. The Morgan fingerprint density at radius 2 is 1.76 bits per heavy atom. The highest BCUT2D eigenvalue weighted by molar-refractivity contribution is 14.0. The van der Waals surface area contributed by atoms with Crippen LogP contribution in [0.5, 0.6) is 17.2 Å². The highest BCUT2D eigenvalue weighted by Gasteiger charge is 2.23. The van der Waals surface area contributed by atoms with Crippen LogP contribution in [0, 0.1) is 6.92 Å². The Balaban J connectivity index is 0.00000385. The van der Waals surface area contributed by atoms with Gasteiger partial charge in [0.05, 0.1) is 27.4 Å². The molecule has 1 unspecified atom stereocenters. The summed E-state index contributed by atoms with van der Waals surface area (Å²) in [6, 6.07) is 13.0. The van der Waals surface area contributed by atoms with Crippen LogP contribution in [0.15, 0.2) is 41.4 Å². The maximum Gasteiger partial charge on any atom is 0.203 e. The molecule has 1 aliphatic rings. The molecule has 0 bridgehead atoms. The van der Waals surface area contributed by atoms with E-state index in [9.17, 15) is 0 Å². The molecule has 2 aromatic carbocycles. The van der Waals surface area contributed by atoms with Crippen LogP contribution >= 0.6 is 24.0 Å². The van der Waals surface area contributed by atoms with Gasteiger partial charge in [-0.1, -0.05) is 17.7 Å². The lowest BCUT2D eigenvalue weighted by molar-refractivity contribution is 0.288. The van der Waals surface area contributed by atoms with Gasteiger partial charge in [0, 0.05) is 31.4 Å². The van der Waals surface area contributed by atoms with Gasteiger partial charge >= 0.3 is 0 Å². The van der Waals surface area contributed by atoms with Gasteiger partial charge in [0.2, 0.25) is 5.75 Å². The second-order valence-electron chi connectivity index (χ2n) is 7.87. The Kier molecular flexibility index (Phi) is 10.9. The average molecular weight is 569 g/mol. The van der Waals surface area contributed by atoms with E-state index in [1.165, 1.54) is 11.3 Å². The lowest BCUT2D eigenvalue weighted by Crippen LogP contribution is -2.44. The standard InChI is InChI=1S/C25H36N4O3.HI/c1-6-26-25(28-20-12-13-29(17-20)21-10-8-18(3)9-11-21)27-16-19-14-22(30-4)24(32-7-2)23(15-19)31-5;/h8-11,14-15,20H,6-7,12-13,16-17H2,1-5H3,(H2,26,27,28);1H. The fourth-order valence-corrected chi connectivity index (χ4v) is 3.86. The number of anilines is 1. The van der Waals surface area contributed by atoms with Crippen molar-refractivity contribution in [3.05, 3.63) is 47.5 Å². The van der Waals surface area contributed by atoms with Gasteiger partial charge in [0.25, 0.3) is 0 Å². The van der Waals surface area contributed by atoms with Crippen LogP contribution in [0.2, 0.25) is 0 Å². The van der Waals surface area contributed by atoms with Gasteiger partial charge in [-0.15, -0.1) is 24.0 Å². The van der Waals surface area contributed by atoms with Crippen LogP contribution in [0.25, 0.3) is 0 Å². The van der Waals surface area contributed by atoms with E-state index in [-0.39, 0.29) is 24.0 Å². The summed E-state index contributed by atoms with van der Waals surface area (Å²) in [5, 5.41) is 6.96. The smallest absolute Gasteiger partial charge is 0.203 e. The molecule has 0 aliphatic carbocycles. The molecule has 1 heterocycles. The molecule has 1 atom stereocenters. The maximum absolute atomic E-state index is 5.70. The number of hydrogen-bond donors (Lipinski definition) is 2. The molecule has 1 aliphatic heterocycles. The molecular weight excluding hydrogens is 531 g/mol. The summed E-state index contributed by atoms with van der Waals surface area (Å²) in [7, 11) is 3.27. The van der Waals surface area contributed by atoms with Crippen LogP contribution in [0.1, 0.15) is 31.4 Å². The predicted octanol–water partition coefficient (Wildman–Crippen LogP) is 4.36. The topological polar surface area (TPSA) is 67.4 Å². The fraction of sp³-hybridized carbons (Fsp3) is 0.480. The first-order chi connectivity index (χ1) is 15.6. The first-order valence-corrected chi connectivity index (χ1v) is 11.3. The van der Waals surface area contributed by atoms with Crippen LogP contribution < -0.4 is 29.7 Å². The summed E-state index contributed by atoms with van der Waals surface area (Å²) in [5.41, 5.74) is 3.55. The number of rotatable bonds is 9. The van der Waals surface area contributed by atoms with E-state index < -0.39 is 0 Å². The number of halogens is 1. The molecular formula is C25H37IN4O3. The van der Waals surface area contributed by atoms with E-state index in [1.807, 2.05) is 19.1 Å². The third-order valence-electron chi connectivity index (χ3n) is 5.50. The van der Waals surface area contributed by atoms with E-state index in [1.54, 1.807) is 14.2 Å². The molecule has 0 aromatic heterocycles. The molecule has 182 valence electrons. The van der Waals surface area contributed by atoms with Crippen molar-refractivity contribution in [3.8, 4) is 17.2 Å². The molecule has 8 heteroatoms. The minimum Gasteiger partial charge on any atom is -0.493 e. The minimum absolute atomic E-state index is 0. The van der Waals surface area contributed by atoms with Crippen LogP contribution in [-0.4, -0.2) is 52.5 Å². The summed E-state index contributed by atoms with van der Waals surface area (Å²) >= 11 is 0. The molecule has 1 saturated heterocycles. The third kappa shape index (κ3) is 7.31. The van der Waals surface area contributed by atoms with E-state index in [0.29, 0.717) is 36.4 Å². The Bertz CT molecular complexity index is 880. The number of benzene rings is 2. The second-order valence-corrected chi connectivity index (χ2v) is 7.87. The van der Waals surface area contributed by atoms with Crippen molar-refractivity contribution >= 4 is 35.6 Å². The number of aryl methyl sites for hydroxylation is 1. The largest absolute Gasteiger partial charge is 0.493 e. The summed E-state index contributed by atoms with van der Waals surface area (Å²) < 4.78 is 16.7. The number of methoxy groups -OCH3 is 2. The van der Waals surface area contributed by atoms with Crippen molar-refractivity contribution in [3.63, 3.8) is 0 Å². The lowest BCUT2D eigenvalue weighted by Gasteiger charge is -2.20. The first kappa shape index (κ1) is 26.9. The average Bonchev–Trinajstić information content (AvgIpc) is 3.27. The number of guanidine groups is 1. The summed E-state index contributed by atoms with van der Waals surface area (Å²) in [5.74, 6) is 2.74. The zero-order chi connectivity index (χ0) is 22.9.